The summed E-state index contributed by atoms with van der Waals surface area (Å²) >= 11 is 0. The third-order valence-corrected chi connectivity index (χ3v) is 3.31. The minimum Gasteiger partial charge on any atom is -0.459 e. The van der Waals surface area contributed by atoms with E-state index in [0.29, 0.717) is 11.8 Å². The van der Waals surface area contributed by atoms with Crippen LogP contribution in [0.25, 0.3) is 0 Å². The van der Waals surface area contributed by atoms with Gasteiger partial charge < -0.3 is 4.74 Å². The average Bonchev–Trinajstić information content (AvgIpc) is 2.37. The van der Waals surface area contributed by atoms with Gasteiger partial charge in [-0.1, -0.05) is 6.92 Å². The lowest BCUT2D eigenvalue weighted by molar-refractivity contribution is -0.149. The minimum absolute atomic E-state index is 0.00810. The Balaban J connectivity index is 2.06. The summed E-state index contributed by atoms with van der Waals surface area (Å²) in [6.07, 6.45) is 3.59. The van der Waals surface area contributed by atoms with Gasteiger partial charge in [0.2, 0.25) is 0 Å². The number of esters is 1. The van der Waals surface area contributed by atoms with Crippen molar-refractivity contribution in [2.24, 2.45) is 11.8 Å². The third-order valence-electron chi connectivity index (χ3n) is 3.31. The topological polar surface area (TPSA) is 26.3 Å². The first-order valence-electron chi connectivity index (χ1n) is 4.36. The average molecular weight is 154 g/mol. The van der Waals surface area contributed by atoms with Crippen LogP contribution < -0.4 is 0 Å². The summed E-state index contributed by atoms with van der Waals surface area (Å²) in [5.41, 5.74) is -0.00810. The molecule has 0 spiro atoms. The Bertz CT molecular complexity index is 200. The molecular weight excluding hydrogens is 140 g/mol. The molecule has 2 aliphatic carbocycles. The molecule has 2 nitrogen and oxygen atoms in total. The summed E-state index contributed by atoms with van der Waals surface area (Å²) in [5.74, 6) is 1.20. The molecule has 2 aliphatic rings. The number of carbonyl (C=O) groups excluding carboxylic acids is 1. The van der Waals surface area contributed by atoms with Crippen molar-refractivity contribution in [2.75, 3.05) is 0 Å². The molecule has 0 aromatic heterocycles. The molecule has 0 aromatic carbocycles. The monoisotopic (exact) mass is 154 g/mol. The second-order valence-electron chi connectivity index (χ2n) is 3.84. The van der Waals surface area contributed by atoms with E-state index in [9.17, 15) is 4.79 Å². The molecule has 0 bridgehead atoms. The van der Waals surface area contributed by atoms with Crippen molar-refractivity contribution in [2.45, 2.75) is 38.7 Å². The van der Waals surface area contributed by atoms with Gasteiger partial charge in [-0.15, -0.1) is 0 Å². The Morgan fingerprint density at radius 2 is 2.36 bits per heavy atom. The molecule has 3 unspecified atom stereocenters. The molecule has 11 heavy (non-hydrogen) atoms. The second kappa shape index (κ2) is 1.99. The van der Waals surface area contributed by atoms with Crippen LogP contribution in [0.2, 0.25) is 0 Å². The molecule has 0 aliphatic heterocycles. The van der Waals surface area contributed by atoms with Gasteiger partial charge in [-0.05, 0) is 19.3 Å². The van der Waals surface area contributed by atoms with Crippen molar-refractivity contribution >= 4 is 5.97 Å². The molecule has 2 rings (SSSR count). The molecular formula is C9H14O2. The summed E-state index contributed by atoms with van der Waals surface area (Å²) in [4.78, 5) is 10.8. The van der Waals surface area contributed by atoms with Crippen LogP contribution in [-0.4, -0.2) is 11.6 Å². The van der Waals surface area contributed by atoms with Crippen LogP contribution in [-0.2, 0) is 9.53 Å². The third kappa shape index (κ3) is 0.815. The van der Waals surface area contributed by atoms with E-state index in [2.05, 4.69) is 6.92 Å². The Morgan fingerprint density at radius 1 is 1.64 bits per heavy atom. The van der Waals surface area contributed by atoms with Crippen LogP contribution >= 0.6 is 0 Å². The molecule has 0 saturated heterocycles. The van der Waals surface area contributed by atoms with E-state index < -0.39 is 0 Å². The first kappa shape index (κ1) is 7.14. The molecule has 62 valence electrons. The lowest BCUT2D eigenvalue weighted by Gasteiger charge is -2.13. The number of ether oxygens (including phenoxy) is 1. The maximum Gasteiger partial charge on any atom is 0.303 e. The molecule has 0 aromatic rings. The Hall–Kier alpha value is -0.530. The smallest absolute Gasteiger partial charge is 0.303 e. The fraction of sp³-hybridized carbons (Fsp3) is 0.889. The summed E-state index contributed by atoms with van der Waals surface area (Å²) < 4.78 is 5.35. The van der Waals surface area contributed by atoms with Gasteiger partial charge in [-0.2, -0.15) is 0 Å². The molecule has 3 atom stereocenters. The van der Waals surface area contributed by atoms with Crippen molar-refractivity contribution in [3.8, 4) is 0 Å². The van der Waals surface area contributed by atoms with Gasteiger partial charge in [0.25, 0.3) is 0 Å². The summed E-state index contributed by atoms with van der Waals surface area (Å²) in [7, 11) is 0. The van der Waals surface area contributed by atoms with Gasteiger partial charge in [0.05, 0.1) is 0 Å². The normalized spacial score (nSPS) is 46.7. The SMILES string of the molecule is CC(=O)OC12CCCC1C2C. The highest BCUT2D eigenvalue weighted by Crippen LogP contribution is 2.63. The van der Waals surface area contributed by atoms with Crippen LogP contribution in [0, 0.1) is 11.8 Å². The summed E-state index contributed by atoms with van der Waals surface area (Å²) in [5, 5.41) is 0. The zero-order chi connectivity index (χ0) is 8.06. The van der Waals surface area contributed by atoms with Crippen LogP contribution in [0.1, 0.15) is 33.1 Å². The van der Waals surface area contributed by atoms with Gasteiger partial charge in [0.1, 0.15) is 5.60 Å². The summed E-state index contributed by atoms with van der Waals surface area (Å²) in [6, 6.07) is 0. The van der Waals surface area contributed by atoms with Crippen LogP contribution in [0.15, 0.2) is 0 Å². The Kier molecular flexibility index (Phi) is 1.29. The van der Waals surface area contributed by atoms with E-state index in [0.717, 1.165) is 6.42 Å². The number of hydrogen-bond donors (Lipinski definition) is 0. The Labute approximate surface area is 66.9 Å². The van der Waals surface area contributed by atoms with E-state index in [4.69, 9.17) is 4.74 Å². The van der Waals surface area contributed by atoms with E-state index in [1.165, 1.54) is 19.8 Å². The van der Waals surface area contributed by atoms with Crippen molar-refractivity contribution in [3.63, 3.8) is 0 Å². The fourth-order valence-corrected chi connectivity index (χ4v) is 2.69. The van der Waals surface area contributed by atoms with Crippen LogP contribution in [0.5, 0.6) is 0 Å². The predicted octanol–water partition coefficient (Wildman–Crippen LogP) is 1.74. The lowest BCUT2D eigenvalue weighted by Crippen LogP contribution is -2.18. The van der Waals surface area contributed by atoms with Crippen molar-refractivity contribution < 1.29 is 9.53 Å². The van der Waals surface area contributed by atoms with Gasteiger partial charge in [-0.3, -0.25) is 4.79 Å². The molecule has 0 amide bonds. The quantitative estimate of drug-likeness (QED) is 0.538. The highest BCUT2D eigenvalue weighted by Gasteiger charge is 2.67. The van der Waals surface area contributed by atoms with E-state index in [1.54, 1.807) is 0 Å². The predicted molar refractivity (Wildman–Crippen MR) is 41.0 cm³/mol. The highest BCUT2D eigenvalue weighted by atomic mass is 16.6. The number of hydrogen-bond acceptors (Lipinski definition) is 2. The standard InChI is InChI=1S/C9H14O2/c1-6-8-4-3-5-9(6,8)11-7(2)10/h6,8H,3-5H2,1-2H3. The number of rotatable bonds is 1. The molecule has 0 N–H and O–H groups in total. The van der Waals surface area contributed by atoms with E-state index in [-0.39, 0.29) is 11.6 Å². The van der Waals surface area contributed by atoms with Crippen LogP contribution in [0.3, 0.4) is 0 Å². The largest absolute Gasteiger partial charge is 0.459 e. The zero-order valence-electron chi connectivity index (χ0n) is 7.09. The van der Waals surface area contributed by atoms with Gasteiger partial charge in [0.15, 0.2) is 0 Å². The van der Waals surface area contributed by atoms with Crippen molar-refractivity contribution in [1.82, 2.24) is 0 Å². The second-order valence-corrected chi connectivity index (χ2v) is 3.84. The molecule has 2 fully saturated rings. The van der Waals surface area contributed by atoms with Gasteiger partial charge in [0, 0.05) is 18.8 Å². The molecule has 2 saturated carbocycles. The Morgan fingerprint density at radius 3 is 2.82 bits per heavy atom. The minimum atomic E-state index is -0.110. The molecule has 0 radical (unpaired) electrons. The van der Waals surface area contributed by atoms with Crippen LogP contribution in [0.4, 0.5) is 0 Å². The first-order valence-corrected chi connectivity index (χ1v) is 4.36. The maximum atomic E-state index is 10.8. The van der Waals surface area contributed by atoms with E-state index >= 15 is 0 Å². The molecule has 2 heteroatoms. The van der Waals surface area contributed by atoms with E-state index in [1.807, 2.05) is 0 Å². The summed E-state index contributed by atoms with van der Waals surface area (Å²) in [6.45, 7) is 3.70. The van der Waals surface area contributed by atoms with Gasteiger partial charge >= 0.3 is 5.97 Å². The van der Waals surface area contributed by atoms with Gasteiger partial charge in [-0.25, -0.2) is 0 Å². The first-order chi connectivity index (χ1) is 5.17. The maximum absolute atomic E-state index is 10.8. The fourth-order valence-electron chi connectivity index (χ4n) is 2.69. The highest BCUT2D eigenvalue weighted by molar-refractivity contribution is 5.67. The number of fused-ring (bicyclic) bond motifs is 1. The van der Waals surface area contributed by atoms with Crippen molar-refractivity contribution in [1.29, 1.82) is 0 Å². The molecule has 0 heterocycles. The van der Waals surface area contributed by atoms with Crippen molar-refractivity contribution in [3.05, 3.63) is 0 Å². The lowest BCUT2D eigenvalue weighted by atomic mass is 10.1. The zero-order valence-corrected chi connectivity index (χ0v) is 7.09. The number of carbonyl (C=O) groups is 1.